The van der Waals surface area contributed by atoms with Crippen LogP contribution in [0, 0.1) is 5.92 Å². The summed E-state index contributed by atoms with van der Waals surface area (Å²) in [6.45, 7) is 1.12. The van der Waals surface area contributed by atoms with E-state index in [0.717, 1.165) is 32.1 Å². The fourth-order valence-electron chi connectivity index (χ4n) is 2.30. The second kappa shape index (κ2) is 6.18. The highest BCUT2D eigenvalue weighted by Crippen LogP contribution is 2.32. The van der Waals surface area contributed by atoms with Gasteiger partial charge in [0.25, 0.3) is 0 Å². The van der Waals surface area contributed by atoms with Crippen LogP contribution in [0.15, 0.2) is 0 Å². The standard InChI is InChI=1S/C13H22N2O3/c16-11(10-5-6-10)8-14-12(17)9-15-7-3-1-2-4-13(15)18/h10-11,16H,1-9H2,(H,14,17). The molecule has 5 heteroatoms. The second-order valence-electron chi connectivity index (χ2n) is 5.33. The minimum atomic E-state index is -0.422. The van der Waals surface area contributed by atoms with E-state index >= 15 is 0 Å². The highest BCUT2D eigenvalue weighted by atomic mass is 16.3. The van der Waals surface area contributed by atoms with Gasteiger partial charge in [0.1, 0.15) is 0 Å². The highest BCUT2D eigenvalue weighted by Gasteiger charge is 2.29. The van der Waals surface area contributed by atoms with E-state index < -0.39 is 6.10 Å². The highest BCUT2D eigenvalue weighted by molar-refractivity contribution is 5.84. The monoisotopic (exact) mass is 254 g/mol. The number of amides is 2. The van der Waals surface area contributed by atoms with Gasteiger partial charge < -0.3 is 15.3 Å². The van der Waals surface area contributed by atoms with Crippen LogP contribution in [0.2, 0.25) is 0 Å². The molecule has 1 atom stereocenters. The van der Waals surface area contributed by atoms with Gasteiger partial charge in [0.05, 0.1) is 12.6 Å². The Morgan fingerprint density at radius 2 is 2.17 bits per heavy atom. The Morgan fingerprint density at radius 3 is 2.89 bits per heavy atom. The third-order valence-electron chi connectivity index (χ3n) is 3.68. The maximum Gasteiger partial charge on any atom is 0.239 e. The summed E-state index contributed by atoms with van der Waals surface area (Å²) >= 11 is 0. The third-order valence-corrected chi connectivity index (χ3v) is 3.68. The van der Waals surface area contributed by atoms with Gasteiger partial charge in [0, 0.05) is 19.5 Å². The number of carbonyl (C=O) groups excluding carboxylic acids is 2. The van der Waals surface area contributed by atoms with E-state index in [0.29, 0.717) is 25.4 Å². The largest absolute Gasteiger partial charge is 0.391 e. The van der Waals surface area contributed by atoms with Crippen LogP contribution in [0.5, 0.6) is 0 Å². The predicted octanol–water partition coefficient (Wildman–Crippen LogP) is 0.276. The lowest BCUT2D eigenvalue weighted by atomic mass is 10.2. The molecule has 18 heavy (non-hydrogen) atoms. The van der Waals surface area contributed by atoms with E-state index in [1.165, 1.54) is 0 Å². The number of nitrogens with one attached hydrogen (secondary N) is 1. The van der Waals surface area contributed by atoms with Crippen molar-refractivity contribution in [1.29, 1.82) is 0 Å². The van der Waals surface area contributed by atoms with Crippen molar-refractivity contribution in [2.24, 2.45) is 5.92 Å². The molecule has 102 valence electrons. The van der Waals surface area contributed by atoms with E-state index in [1.807, 2.05) is 0 Å². The lowest BCUT2D eigenvalue weighted by Gasteiger charge is -2.20. The van der Waals surface area contributed by atoms with Crippen LogP contribution < -0.4 is 5.32 Å². The van der Waals surface area contributed by atoms with Crippen molar-refractivity contribution in [1.82, 2.24) is 10.2 Å². The maximum absolute atomic E-state index is 11.7. The molecule has 0 aromatic carbocycles. The van der Waals surface area contributed by atoms with Gasteiger partial charge in [-0.25, -0.2) is 0 Å². The number of aliphatic hydroxyl groups excluding tert-OH is 1. The summed E-state index contributed by atoms with van der Waals surface area (Å²) in [5.74, 6) is 0.278. The number of likely N-dealkylation sites (tertiary alicyclic amines) is 1. The first-order valence-corrected chi connectivity index (χ1v) is 6.89. The minimum Gasteiger partial charge on any atom is -0.391 e. The summed E-state index contributed by atoms with van der Waals surface area (Å²) in [5, 5.41) is 12.4. The Kier molecular flexibility index (Phi) is 4.58. The van der Waals surface area contributed by atoms with Gasteiger partial charge in [-0.15, -0.1) is 0 Å². The molecule has 1 aliphatic carbocycles. The first-order chi connectivity index (χ1) is 8.66. The minimum absolute atomic E-state index is 0.0744. The van der Waals surface area contributed by atoms with Gasteiger partial charge in [-0.3, -0.25) is 9.59 Å². The van der Waals surface area contributed by atoms with Crippen LogP contribution in [0.3, 0.4) is 0 Å². The molecule has 1 saturated carbocycles. The SMILES string of the molecule is O=C(CN1CCCCCC1=O)NCC(O)C1CC1. The van der Waals surface area contributed by atoms with Crippen molar-refractivity contribution in [2.45, 2.75) is 44.6 Å². The molecule has 0 spiro atoms. The Hall–Kier alpha value is -1.10. The van der Waals surface area contributed by atoms with Gasteiger partial charge in [-0.05, 0) is 31.6 Å². The Morgan fingerprint density at radius 1 is 1.39 bits per heavy atom. The van der Waals surface area contributed by atoms with Crippen LogP contribution in [0.4, 0.5) is 0 Å². The van der Waals surface area contributed by atoms with Gasteiger partial charge in [-0.1, -0.05) is 6.42 Å². The van der Waals surface area contributed by atoms with Crippen molar-refractivity contribution in [3.63, 3.8) is 0 Å². The quantitative estimate of drug-likeness (QED) is 0.740. The van der Waals surface area contributed by atoms with E-state index in [1.54, 1.807) is 4.90 Å². The van der Waals surface area contributed by atoms with Crippen molar-refractivity contribution >= 4 is 11.8 Å². The molecule has 2 fully saturated rings. The smallest absolute Gasteiger partial charge is 0.239 e. The van der Waals surface area contributed by atoms with Crippen LogP contribution in [-0.4, -0.2) is 47.6 Å². The molecule has 5 nitrogen and oxygen atoms in total. The Labute approximate surface area is 108 Å². The summed E-state index contributed by atoms with van der Waals surface area (Å²) in [4.78, 5) is 25.0. The molecule has 2 amide bonds. The zero-order valence-electron chi connectivity index (χ0n) is 10.7. The summed E-state index contributed by atoms with van der Waals surface area (Å²) in [6, 6.07) is 0. The van der Waals surface area contributed by atoms with Gasteiger partial charge in [0.2, 0.25) is 11.8 Å². The molecule has 2 aliphatic rings. The molecule has 0 bridgehead atoms. The van der Waals surface area contributed by atoms with Gasteiger partial charge in [-0.2, -0.15) is 0 Å². The van der Waals surface area contributed by atoms with Gasteiger partial charge in [0.15, 0.2) is 0 Å². The fraction of sp³-hybridized carbons (Fsp3) is 0.846. The second-order valence-corrected chi connectivity index (χ2v) is 5.33. The molecule has 1 heterocycles. The number of aliphatic hydroxyl groups is 1. The lowest BCUT2D eigenvalue weighted by Crippen LogP contribution is -2.42. The van der Waals surface area contributed by atoms with Crippen molar-refractivity contribution in [3.8, 4) is 0 Å². The average Bonchev–Trinajstić information content (AvgIpc) is 3.17. The van der Waals surface area contributed by atoms with Crippen LogP contribution in [-0.2, 0) is 9.59 Å². The van der Waals surface area contributed by atoms with E-state index in [9.17, 15) is 14.7 Å². The Balaban J connectivity index is 1.70. The zero-order chi connectivity index (χ0) is 13.0. The maximum atomic E-state index is 11.7. The van der Waals surface area contributed by atoms with E-state index in [2.05, 4.69) is 5.32 Å². The molecule has 1 saturated heterocycles. The Bertz CT molecular complexity index is 315. The summed E-state index contributed by atoms with van der Waals surface area (Å²) in [6.07, 6.45) is 5.21. The fourth-order valence-corrected chi connectivity index (χ4v) is 2.30. The number of rotatable bonds is 5. The molecular formula is C13H22N2O3. The summed E-state index contributed by atoms with van der Waals surface area (Å²) in [7, 11) is 0. The van der Waals surface area contributed by atoms with Crippen LogP contribution in [0.1, 0.15) is 38.5 Å². The molecule has 0 radical (unpaired) electrons. The van der Waals surface area contributed by atoms with Crippen LogP contribution in [0.25, 0.3) is 0 Å². The molecule has 1 aliphatic heterocycles. The predicted molar refractivity (Wildman–Crippen MR) is 66.8 cm³/mol. The third kappa shape index (κ3) is 3.98. The van der Waals surface area contributed by atoms with E-state index in [-0.39, 0.29) is 18.4 Å². The molecule has 0 aromatic rings. The average molecular weight is 254 g/mol. The van der Waals surface area contributed by atoms with Crippen molar-refractivity contribution < 1.29 is 14.7 Å². The number of nitrogens with zero attached hydrogens (tertiary/aromatic N) is 1. The summed E-state index contributed by atoms with van der Waals surface area (Å²) in [5.41, 5.74) is 0. The number of hydrogen-bond donors (Lipinski definition) is 2. The number of hydrogen-bond acceptors (Lipinski definition) is 3. The topological polar surface area (TPSA) is 69.6 Å². The molecule has 2 rings (SSSR count). The molecule has 2 N–H and O–H groups in total. The number of carbonyl (C=O) groups is 2. The van der Waals surface area contributed by atoms with Crippen LogP contribution >= 0.6 is 0 Å². The molecular weight excluding hydrogens is 232 g/mol. The molecule has 0 aromatic heterocycles. The summed E-state index contributed by atoms with van der Waals surface area (Å²) < 4.78 is 0. The first kappa shape index (κ1) is 13.3. The normalized spacial score (nSPS) is 22.5. The molecule has 1 unspecified atom stereocenters. The van der Waals surface area contributed by atoms with Gasteiger partial charge >= 0.3 is 0 Å². The van der Waals surface area contributed by atoms with Crippen molar-refractivity contribution in [3.05, 3.63) is 0 Å². The van der Waals surface area contributed by atoms with Crippen molar-refractivity contribution in [2.75, 3.05) is 19.6 Å². The van der Waals surface area contributed by atoms with E-state index in [4.69, 9.17) is 0 Å². The lowest BCUT2D eigenvalue weighted by molar-refractivity contribution is -0.135. The first-order valence-electron chi connectivity index (χ1n) is 6.89. The zero-order valence-corrected chi connectivity index (χ0v) is 10.7.